The maximum atomic E-state index is 13.0. The molecule has 1 aliphatic heterocycles. The molecule has 6 nitrogen and oxygen atoms in total. The van der Waals surface area contributed by atoms with Crippen molar-refractivity contribution in [2.45, 2.75) is 19.4 Å². The molecule has 1 atom stereocenters. The number of pyridine rings is 1. The van der Waals surface area contributed by atoms with Crippen molar-refractivity contribution < 1.29 is 18.7 Å². The molecular weight excluding hydrogens is 373 g/mol. The van der Waals surface area contributed by atoms with E-state index < -0.39 is 23.5 Å². The van der Waals surface area contributed by atoms with Crippen molar-refractivity contribution in [3.05, 3.63) is 58.1 Å². The van der Waals surface area contributed by atoms with Crippen molar-refractivity contribution in [3.8, 4) is 17.6 Å². The highest BCUT2D eigenvalue weighted by Gasteiger charge is 2.43. The number of amides is 2. The number of carbonyl (C=O) groups is 2. The van der Waals surface area contributed by atoms with Gasteiger partial charge in [-0.3, -0.25) is 20.0 Å². The molecule has 3 rings (SSSR count). The van der Waals surface area contributed by atoms with Crippen LogP contribution in [0.5, 0.6) is 5.75 Å². The van der Waals surface area contributed by atoms with E-state index in [0.717, 1.165) is 11.2 Å². The number of benzene rings is 1. The number of aromatic nitrogens is 1. The molecule has 1 fully saturated rings. The molecule has 0 spiro atoms. The molecule has 0 aliphatic carbocycles. The number of hydrogen-bond acceptors (Lipinski definition) is 4. The van der Waals surface area contributed by atoms with Gasteiger partial charge in [-0.1, -0.05) is 17.5 Å². The van der Waals surface area contributed by atoms with Gasteiger partial charge < -0.3 is 4.74 Å². The summed E-state index contributed by atoms with van der Waals surface area (Å²) in [5, 5.41) is 1.34. The minimum atomic E-state index is -1.16. The molecule has 1 aromatic carbocycles. The second-order valence-electron chi connectivity index (χ2n) is 5.75. The largest absolute Gasteiger partial charge is 0.496 e. The lowest BCUT2D eigenvalue weighted by atomic mass is 9.96. The van der Waals surface area contributed by atoms with Gasteiger partial charge in [0.25, 0.3) is 11.8 Å². The van der Waals surface area contributed by atoms with E-state index in [1.165, 1.54) is 19.2 Å². The third kappa shape index (κ3) is 3.71. The Labute approximate surface area is 160 Å². The summed E-state index contributed by atoms with van der Waals surface area (Å²) in [5.41, 5.74) is 3.82. The molecule has 27 heavy (non-hydrogen) atoms. The fourth-order valence-corrected chi connectivity index (χ4v) is 3.13. The van der Waals surface area contributed by atoms with E-state index in [1.54, 1.807) is 19.1 Å². The van der Waals surface area contributed by atoms with Gasteiger partial charge in [-0.15, -0.1) is 5.92 Å². The van der Waals surface area contributed by atoms with Crippen LogP contribution in [0.1, 0.15) is 29.7 Å². The van der Waals surface area contributed by atoms with E-state index in [4.69, 9.17) is 16.3 Å². The Balaban J connectivity index is 1.93. The van der Waals surface area contributed by atoms with Crippen molar-refractivity contribution >= 4 is 23.4 Å². The lowest BCUT2D eigenvalue weighted by Gasteiger charge is -2.16. The van der Waals surface area contributed by atoms with Crippen LogP contribution in [0.4, 0.5) is 4.39 Å². The quantitative estimate of drug-likeness (QED) is 0.646. The first kappa shape index (κ1) is 18.7. The fourth-order valence-electron chi connectivity index (χ4n) is 2.81. The van der Waals surface area contributed by atoms with Crippen LogP contribution in [-0.4, -0.2) is 28.9 Å². The van der Waals surface area contributed by atoms with Gasteiger partial charge in [0.05, 0.1) is 30.6 Å². The number of nitrogens with one attached hydrogen (secondary N) is 1. The van der Waals surface area contributed by atoms with Gasteiger partial charge in [0.1, 0.15) is 11.6 Å². The second kappa shape index (κ2) is 7.64. The molecule has 138 valence electrons. The number of rotatable bonds is 4. The van der Waals surface area contributed by atoms with Gasteiger partial charge in [-0.05, 0) is 31.2 Å². The topological polar surface area (TPSA) is 71.5 Å². The van der Waals surface area contributed by atoms with Crippen molar-refractivity contribution in [1.82, 2.24) is 15.4 Å². The number of hydrogen-bond donors (Lipinski definition) is 1. The first-order chi connectivity index (χ1) is 12.9. The molecule has 8 heteroatoms. The van der Waals surface area contributed by atoms with E-state index in [2.05, 4.69) is 22.3 Å². The van der Waals surface area contributed by atoms with Gasteiger partial charge >= 0.3 is 0 Å². The predicted molar refractivity (Wildman–Crippen MR) is 96.2 cm³/mol. The van der Waals surface area contributed by atoms with Gasteiger partial charge in [-0.2, -0.15) is 0 Å². The fraction of sp³-hybridized carbons (Fsp3) is 0.211. The Bertz CT molecular complexity index is 967. The Morgan fingerprint density at radius 3 is 2.78 bits per heavy atom. The maximum absolute atomic E-state index is 13.0. The molecule has 2 aromatic rings. The summed E-state index contributed by atoms with van der Waals surface area (Å²) in [6.45, 7) is 1.68. The van der Waals surface area contributed by atoms with Crippen molar-refractivity contribution in [2.75, 3.05) is 7.11 Å². The molecule has 0 radical (unpaired) electrons. The third-order valence-corrected chi connectivity index (χ3v) is 4.31. The number of hydrazine groups is 1. The first-order valence-corrected chi connectivity index (χ1v) is 8.35. The van der Waals surface area contributed by atoms with Crippen LogP contribution in [0.15, 0.2) is 30.5 Å². The van der Waals surface area contributed by atoms with E-state index in [1.807, 2.05) is 0 Å². The molecule has 1 N–H and O–H groups in total. The summed E-state index contributed by atoms with van der Waals surface area (Å²) >= 11 is 6.33. The van der Waals surface area contributed by atoms with Crippen molar-refractivity contribution in [2.24, 2.45) is 0 Å². The minimum Gasteiger partial charge on any atom is -0.496 e. The number of methoxy groups -OCH3 is 1. The lowest BCUT2D eigenvalue weighted by Crippen LogP contribution is -2.35. The Hall–Kier alpha value is -3.11. The monoisotopic (exact) mass is 387 g/mol. The van der Waals surface area contributed by atoms with Crippen LogP contribution in [0.3, 0.4) is 0 Å². The van der Waals surface area contributed by atoms with Crippen LogP contribution in [-0.2, 0) is 16.1 Å². The van der Waals surface area contributed by atoms with Gasteiger partial charge in [0, 0.05) is 11.1 Å². The van der Waals surface area contributed by atoms with Crippen LogP contribution >= 0.6 is 11.6 Å². The Morgan fingerprint density at radius 2 is 2.15 bits per heavy atom. The van der Waals surface area contributed by atoms with Crippen LogP contribution in [0.25, 0.3) is 0 Å². The smallest absolute Gasteiger partial charge is 0.258 e. The second-order valence-corrected chi connectivity index (χ2v) is 6.16. The highest BCUT2D eigenvalue weighted by molar-refractivity contribution is 6.32. The Morgan fingerprint density at radius 1 is 1.37 bits per heavy atom. The molecule has 1 unspecified atom stereocenters. The zero-order valence-electron chi connectivity index (χ0n) is 14.5. The van der Waals surface area contributed by atoms with Gasteiger partial charge in [0.15, 0.2) is 5.92 Å². The highest BCUT2D eigenvalue weighted by Crippen LogP contribution is 2.37. The zero-order chi connectivity index (χ0) is 19.6. The molecule has 1 aromatic heterocycles. The number of ether oxygens (including phenoxy) is 1. The van der Waals surface area contributed by atoms with E-state index in [9.17, 15) is 14.0 Å². The average molecular weight is 388 g/mol. The van der Waals surface area contributed by atoms with E-state index in [0.29, 0.717) is 17.0 Å². The zero-order valence-corrected chi connectivity index (χ0v) is 15.3. The van der Waals surface area contributed by atoms with Gasteiger partial charge in [-0.25, -0.2) is 9.40 Å². The molecule has 1 saturated heterocycles. The molecule has 0 saturated carbocycles. The highest BCUT2D eigenvalue weighted by atomic mass is 35.5. The van der Waals surface area contributed by atoms with Gasteiger partial charge in [0.2, 0.25) is 0 Å². The summed E-state index contributed by atoms with van der Waals surface area (Å²) in [6.07, 6.45) is 1.04. The average Bonchev–Trinajstić information content (AvgIpc) is 2.90. The molecule has 2 heterocycles. The summed E-state index contributed by atoms with van der Waals surface area (Å²) in [7, 11) is 1.43. The summed E-state index contributed by atoms with van der Waals surface area (Å²) in [5.74, 6) is 3.24. The summed E-state index contributed by atoms with van der Waals surface area (Å²) in [4.78, 5) is 29.2. The van der Waals surface area contributed by atoms with E-state index >= 15 is 0 Å². The summed E-state index contributed by atoms with van der Waals surface area (Å²) in [6, 6.07) is 5.88. The number of nitrogens with zero attached hydrogens (tertiary/aromatic N) is 2. The molecule has 2 amide bonds. The number of halogens is 2. The predicted octanol–water partition coefficient (Wildman–Crippen LogP) is 2.41. The van der Waals surface area contributed by atoms with Crippen molar-refractivity contribution in [3.63, 3.8) is 0 Å². The van der Waals surface area contributed by atoms with Crippen LogP contribution < -0.4 is 10.2 Å². The molecule has 1 aliphatic rings. The SMILES string of the molecule is CC#Cc1cc(Cl)c(C2C(=O)NN(Cc3ccc(F)cn3)C2=O)c(OC)c1. The first-order valence-electron chi connectivity index (χ1n) is 7.97. The Kier molecular flexibility index (Phi) is 5.28. The lowest BCUT2D eigenvalue weighted by molar-refractivity contribution is -0.131. The van der Waals surface area contributed by atoms with Crippen LogP contribution in [0.2, 0.25) is 5.02 Å². The maximum Gasteiger partial charge on any atom is 0.258 e. The summed E-state index contributed by atoms with van der Waals surface area (Å²) < 4.78 is 18.3. The van der Waals surface area contributed by atoms with Crippen LogP contribution in [0, 0.1) is 17.7 Å². The van der Waals surface area contributed by atoms with Crippen molar-refractivity contribution in [1.29, 1.82) is 0 Å². The normalized spacial score (nSPS) is 16.0. The minimum absolute atomic E-state index is 0.000676. The number of carbonyl (C=O) groups excluding carboxylic acids is 2. The molecule has 0 bridgehead atoms. The van der Waals surface area contributed by atoms with E-state index in [-0.39, 0.29) is 17.1 Å². The third-order valence-electron chi connectivity index (χ3n) is 4.00. The molecular formula is C19H15ClFN3O3. The standard InChI is InChI=1S/C19H15ClFN3O3/c1-3-4-11-7-14(20)16(15(8-11)27-2)17-18(25)23-24(19(17)26)10-13-6-5-12(21)9-22-13/h5-9,17H,10H2,1-2H3,(H,23,25).